The zero-order chi connectivity index (χ0) is 27.8. The number of aliphatic hydroxyl groups excluding tert-OH is 1. The Labute approximate surface area is 232 Å². The van der Waals surface area contributed by atoms with E-state index in [2.05, 4.69) is 6.92 Å². The van der Waals surface area contributed by atoms with Gasteiger partial charge in [-0.15, -0.1) is 0 Å². The quantitative estimate of drug-likeness (QED) is 0.0459. The van der Waals surface area contributed by atoms with E-state index in [1.165, 1.54) is 89.9 Å². The van der Waals surface area contributed by atoms with Crippen LogP contribution in [0.4, 0.5) is 0 Å². The molecular weight excluding hydrogens is 509 g/mol. The molecule has 7 nitrogen and oxygen atoms in total. The molecule has 0 aliphatic rings. The number of aliphatic hydroxyl groups is 1. The second-order valence-corrected chi connectivity index (χ2v) is 15.3. The van der Waals surface area contributed by atoms with Crippen LogP contribution in [0.1, 0.15) is 122 Å². The first kappa shape index (κ1) is 36.9. The fourth-order valence-electron chi connectivity index (χ4n) is 4.01. The standard InChI is InChI=1S/C28H58NO6PS/c1-5-6-7-8-9-10-11-12-13-14-15-16-17-18-19-20-21-22-28(31)35-27(25-30)26-34-36(32,33)37-24-23-29(2,3)4/h27,30H,5-26H2,1-4H3/p+1/t27-/m1/s1. The smallest absolute Gasteiger partial charge is 0.386 e. The lowest BCUT2D eigenvalue weighted by Crippen LogP contribution is -2.36. The molecule has 0 radical (unpaired) electrons. The Balaban J connectivity index is 3.62. The molecule has 0 bridgehead atoms. The van der Waals surface area contributed by atoms with Gasteiger partial charge in [0.15, 0.2) is 0 Å². The summed E-state index contributed by atoms with van der Waals surface area (Å²) in [6.07, 6.45) is 21.3. The van der Waals surface area contributed by atoms with E-state index in [-0.39, 0.29) is 6.61 Å². The number of esters is 1. The van der Waals surface area contributed by atoms with E-state index >= 15 is 0 Å². The molecule has 37 heavy (non-hydrogen) atoms. The SMILES string of the molecule is CCCCCCCCCCCCCCCCCCCC(=O)O[C@H](CO)COP(=O)(O)SCC[N+](C)(C)C. The van der Waals surface area contributed by atoms with E-state index in [0.29, 0.717) is 16.7 Å². The van der Waals surface area contributed by atoms with Gasteiger partial charge in [-0.1, -0.05) is 110 Å². The molecule has 2 atom stereocenters. The van der Waals surface area contributed by atoms with Crippen LogP contribution in [0.15, 0.2) is 0 Å². The van der Waals surface area contributed by atoms with Crippen molar-refractivity contribution in [1.82, 2.24) is 0 Å². The number of hydrogen-bond acceptors (Lipinski definition) is 6. The number of nitrogens with zero attached hydrogens (tertiary/aromatic N) is 1. The van der Waals surface area contributed by atoms with Crippen LogP contribution in [-0.2, 0) is 18.6 Å². The van der Waals surface area contributed by atoms with Gasteiger partial charge < -0.3 is 19.2 Å². The minimum Gasteiger partial charge on any atom is -0.457 e. The van der Waals surface area contributed by atoms with Gasteiger partial charge in [-0.25, -0.2) is 4.57 Å². The van der Waals surface area contributed by atoms with Crippen LogP contribution in [0.3, 0.4) is 0 Å². The molecule has 0 aromatic rings. The van der Waals surface area contributed by atoms with Gasteiger partial charge in [-0.2, -0.15) is 0 Å². The number of carbonyl (C=O) groups is 1. The number of carbonyl (C=O) groups excluding carboxylic acids is 1. The maximum absolute atomic E-state index is 12.1. The summed E-state index contributed by atoms with van der Waals surface area (Å²) in [6, 6.07) is 0. The van der Waals surface area contributed by atoms with Gasteiger partial charge in [0.25, 0.3) is 0 Å². The fourth-order valence-corrected chi connectivity index (χ4v) is 6.64. The molecule has 0 amide bonds. The monoisotopic (exact) mass is 568 g/mol. The Morgan fingerprint density at radius 3 is 1.65 bits per heavy atom. The minimum absolute atomic E-state index is 0.285. The predicted molar refractivity (Wildman–Crippen MR) is 157 cm³/mol. The molecule has 0 aliphatic heterocycles. The van der Waals surface area contributed by atoms with Crippen LogP contribution in [0.2, 0.25) is 0 Å². The highest BCUT2D eigenvalue weighted by Gasteiger charge is 2.25. The topological polar surface area (TPSA) is 93.1 Å². The van der Waals surface area contributed by atoms with E-state index in [1.54, 1.807) is 0 Å². The lowest BCUT2D eigenvalue weighted by atomic mass is 10.0. The van der Waals surface area contributed by atoms with Crippen molar-refractivity contribution in [1.29, 1.82) is 0 Å². The number of hydrogen-bond donors (Lipinski definition) is 2. The molecule has 0 rings (SSSR count). The van der Waals surface area contributed by atoms with Crippen LogP contribution in [-0.4, -0.2) is 73.2 Å². The first-order chi connectivity index (χ1) is 17.6. The van der Waals surface area contributed by atoms with E-state index in [1.807, 2.05) is 21.1 Å². The Morgan fingerprint density at radius 1 is 0.811 bits per heavy atom. The van der Waals surface area contributed by atoms with Crippen molar-refractivity contribution in [3.8, 4) is 0 Å². The molecule has 0 saturated heterocycles. The third-order valence-corrected chi connectivity index (χ3v) is 9.44. The van der Waals surface area contributed by atoms with Gasteiger partial charge in [0.1, 0.15) is 6.10 Å². The Kier molecular flexibility index (Phi) is 23.7. The summed E-state index contributed by atoms with van der Waals surface area (Å²) in [5.41, 5.74) is 0. The van der Waals surface area contributed by atoms with Crippen LogP contribution in [0, 0.1) is 0 Å². The van der Waals surface area contributed by atoms with E-state index in [9.17, 15) is 19.4 Å². The highest BCUT2D eigenvalue weighted by molar-refractivity contribution is 8.54. The molecule has 1 unspecified atom stereocenters. The fraction of sp³-hybridized carbons (Fsp3) is 0.964. The van der Waals surface area contributed by atoms with Crippen molar-refractivity contribution in [3.63, 3.8) is 0 Å². The van der Waals surface area contributed by atoms with Gasteiger partial charge in [0.2, 0.25) is 0 Å². The summed E-state index contributed by atoms with van der Waals surface area (Å²) in [6.45, 7) is -1.58. The van der Waals surface area contributed by atoms with Gasteiger partial charge in [-0.3, -0.25) is 9.32 Å². The van der Waals surface area contributed by atoms with Gasteiger partial charge in [0.05, 0.1) is 46.7 Å². The van der Waals surface area contributed by atoms with Crippen molar-refractivity contribution in [3.05, 3.63) is 0 Å². The highest BCUT2D eigenvalue weighted by atomic mass is 32.7. The summed E-state index contributed by atoms with van der Waals surface area (Å²) in [5, 5.41) is 9.44. The van der Waals surface area contributed by atoms with E-state index in [0.717, 1.165) is 37.2 Å². The van der Waals surface area contributed by atoms with E-state index < -0.39 is 25.5 Å². The molecule has 2 N–H and O–H groups in total. The molecule has 0 spiro atoms. The first-order valence-electron chi connectivity index (χ1n) is 14.8. The Bertz CT molecular complexity index is 588. The molecule has 0 saturated carbocycles. The van der Waals surface area contributed by atoms with Crippen LogP contribution in [0.25, 0.3) is 0 Å². The molecule has 0 heterocycles. The third-order valence-electron chi connectivity index (χ3n) is 6.43. The second kappa shape index (κ2) is 23.7. The molecule has 0 aromatic carbocycles. The average molecular weight is 569 g/mol. The summed E-state index contributed by atoms with van der Waals surface area (Å²) in [7, 11) is 6.01. The van der Waals surface area contributed by atoms with Gasteiger partial charge in [-0.05, 0) is 17.8 Å². The average Bonchev–Trinajstić information content (AvgIpc) is 2.82. The summed E-state index contributed by atoms with van der Waals surface area (Å²) >= 11 is 0.862. The molecule has 222 valence electrons. The summed E-state index contributed by atoms with van der Waals surface area (Å²) in [4.78, 5) is 22.0. The zero-order valence-electron chi connectivity index (χ0n) is 24.5. The molecular formula is C28H59NO6PS+. The summed E-state index contributed by atoms with van der Waals surface area (Å²) in [5.74, 6) is 0.0780. The normalized spacial score (nSPS) is 14.4. The first-order valence-corrected chi connectivity index (χ1v) is 18.0. The van der Waals surface area contributed by atoms with Crippen molar-refractivity contribution in [2.45, 2.75) is 129 Å². The Hall–Kier alpha value is -0.110. The largest absolute Gasteiger partial charge is 0.457 e. The van der Waals surface area contributed by atoms with Crippen molar-refractivity contribution < 1.29 is 33.1 Å². The van der Waals surface area contributed by atoms with Crippen molar-refractivity contribution >= 4 is 24.1 Å². The lowest BCUT2D eigenvalue weighted by molar-refractivity contribution is -0.867. The lowest BCUT2D eigenvalue weighted by Gasteiger charge is -2.24. The molecule has 0 aromatic heterocycles. The minimum atomic E-state index is -3.84. The van der Waals surface area contributed by atoms with E-state index in [4.69, 9.17) is 9.26 Å². The summed E-state index contributed by atoms with van der Waals surface area (Å²) < 4.78 is 23.1. The third kappa shape index (κ3) is 27.3. The van der Waals surface area contributed by atoms with Gasteiger partial charge in [0, 0.05) is 6.42 Å². The van der Waals surface area contributed by atoms with Crippen LogP contribution >= 0.6 is 18.2 Å². The number of unbranched alkanes of at least 4 members (excludes halogenated alkanes) is 16. The molecule has 0 fully saturated rings. The Morgan fingerprint density at radius 2 is 1.24 bits per heavy atom. The zero-order valence-corrected chi connectivity index (χ0v) is 26.2. The number of ether oxygens (including phenoxy) is 1. The molecule has 9 heteroatoms. The van der Waals surface area contributed by atoms with Crippen LogP contribution in [0.5, 0.6) is 0 Å². The number of quaternary nitrogens is 1. The maximum atomic E-state index is 12.1. The highest BCUT2D eigenvalue weighted by Crippen LogP contribution is 2.55. The van der Waals surface area contributed by atoms with Crippen molar-refractivity contribution in [2.75, 3.05) is 46.7 Å². The van der Waals surface area contributed by atoms with Crippen molar-refractivity contribution in [2.24, 2.45) is 0 Å². The second-order valence-electron chi connectivity index (χ2n) is 11.3. The maximum Gasteiger partial charge on any atom is 0.386 e. The van der Waals surface area contributed by atoms with Gasteiger partial charge >= 0.3 is 12.8 Å². The predicted octanol–water partition coefficient (Wildman–Crippen LogP) is 7.49. The molecule has 0 aliphatic carbocycles. The van der Waals surface area contributed by atoms with Crippen LogP contribution < -0.4 is 0 Å². The number of rotatable bonds is 27.